The van der Waals surface area contributed by atoms with Crippen molar-refractivity contribution in [2.24, 2.45) is 5.73 Å². The molecule has 0 spiro atoms. The average molecular weight is 258 g/mol. The molecule has 0 aliphatic rings. The molecule has 0 aromatic heterocycles. The van der Waals surface area contributed by atoms with Gasteiger partial charge in [0.15, 0.2) is 0 Å². The fourth-order valence-electron chi connectivity index (χ4n) is 2.08. The van der Waals surface area contributed by atoms with Crippen LogP contribution in [0.1, 0.15) is 16.7 Å². The molecule has 0 aliphatic heterocycles. The molecular formula is C16H19FN2. The largest absolute Gasteiger partial charge is 0.355 e. The Balaban J connectivity index is 2.35. The second kappa shape index (κ2) is 5.85. The summed E-state index contributed by atoms with van der Waals surface area (Å²) in [7, 11) is 0. The fourth-order valence-corrected chi connectivity index (χ4v) is 2.08. The molecule has 2 aromatic rings. The van der Waals surface area contributed by atoms with Crippen molar-refractivity contribution in [2.45, 2.75) is 20.3 Å². The second-order valence-electron chi connectivity index (χ2n) is 4.71. The van der Waals surface area contributed by atoms with Gasteiger partial charge in [0.05, 0.1) is 0 Å². The summed E-state index contributed by atoms with van der Waals surface area (Å²) in [5.74, 6) is -0.227. The van der Waals surface area contributed by atoms with Crippen LogP contribution in [0.15, 0.2) is 36.4 Å². The highest BCUT2D eigenvalue weighted by molar-refractivity contribution is 5.67. The van der Waals surface area contributed by atoms with Crippen LogP contribution in [0.3, 0.4) is 0 Å². The van der Waals surface area contributed by atoms with Crippen LogP contribution in [0.4, 0.5) is 15.8 Å². The monoisotopic (exact) mass is 258 g/mol. The molecule has 0 heterocycles. The molecule has 0 unspecified atom stereocenters. The zero-order valence-corrected chi connectivity index (χ0v) is 11.3. The van der Waals surface area contributed by atoms with Crippen LogP contribution in [0, 0.1) is 19.7 Å². The first-order chi connectivity index (χ1) is 9.11. The maximum Gasteiger partial charge on any atom is 0.123 e. The highest BCUT2D eigenvalue weighted by Gasteiger charge is 2.06. The molecule has 0 amide bonds. The summed E-state index contributed by atoms with van der Waals surface area (Å²) in [5, 5.41) is 3.37. The van der Waals surface area contributed by atoms with Gasteiger partial charge >= 0.3 is 0 Å². The predicted octanol–water partition coefficient (Wildman–Crippen LogP) is 3.69. The van der Waals surface area contributed by atoms with Crippen molar-refractivity contribution in [1.29, 1.82) is 0 Å². The van der Waals surface area contributed by atoms with Gasteiger partial charge in [-0.25, -0.2) is 4.39 Å². The van der Waals surface area contributed by atoms with Crippen molar-refractivity contribution >= 4 is 11.4 Å². The van der Waals surface area contributed by atoms with Crippen LogP contribution < -0.4 is 11.1 Å². The van der Waals surface area contributed by atoms with Crippen LogP contribution in [0.5, 0.6) is 0 Å². The lowest BCUT2D eigenvalue weighted by Crippen LogP contribution is -2.06. The van der Waals surface area contributed by atoms with E-state index in [-0.39, 0.29) is 5.82 Å². The molecule has 0 bridgehead atoms. The van der Waals surface area contributed by atoms with E-state index in [1.165, 1.54) is 17.2 Å². The summed E-state index contributed by atoms with van der Waals surface area (Å²) in [6.45, 7) is 4.65. The Hall–Kier alpha value is -1.87. The van der Waals surface area contributed by atoms with E-state index in [1.54, 1.807) is 12.1 Å². The Bertz CT molecular complexity index is 579. The molecule has 3 N–H and O–H groups in total. The van der Waals surface area contributed by atoms with Crippen molar-refractivity contribution in [3.8, 4) is 0 Å². The van der Waals surface area contributed by atoms with Gasteiger partial charge in [0, 0.05) is 11.4 Å². The lowest BCUT2D eigenvalue weighted by molar-refractivity contribution is 0.625. The van der Waals surface area contributed by atoms with E-state index < -0.39 is 0 Å². The Morgan fingerprint density at radius 3 is 2.63 bits per heavy atom. The number of anilines is 2. The van der Waals surface area contributed by atoms with E-state index in [0.29, 0.717) is 13.0 Å². The topological polar surface area (TPSA) is 38.0 Å². The third kappa shape index (κ3) is 3.12. The zero-order chi connectivity index (χ0) is 13.8. The van der Waals surface area contributed by atoms with E-state index in [4.69, 9.17) is 5.73 Å². The smallest absolute Gasteiger partial charge is 0.123 e. The van der Waals surface area contributed by atoms with Crippen LogP contribution in [-0.4, -0.2) is 6.54 Å². The SMILES string of the molecule is Cc1cccc(Nc2ccc(F)cc2CCN)c1C. The van der Waals surface area contributed by atoms with E-state index in [0.717, 1.165) is 16.9 Å². The van der Waals surface area contributed by atoms with Gasteiger partial charge in [0.2, 0.25) is 0 Å². The summed E-state index contributed by atoms with van der Waals surface area (Å²) in [6, 6.07) is 10.9. The molecule has 19 heavy (non-hydrogen) atoms. The van der Waals surface area contributed by atoms with Crippen molar-refractivity contribution in [3.05, 3.63) is 58.9 Å². The lowest BCUT2D eigenvalue weighted by Gasteiger charge is -2.15. The zero-order valence-electron chi connectivity index (χ0n) is 11.3. The first kappa shape index (κ1) is 13.6. The molecule has 2 rings (SSSR count). The molecule has 2 nitrogen and oxygen atoms in total. The third-order valence-corrected chi connectivity index (χ3v) is 3.35. The molecule has 0 atom stereocenters. The Morgan fingerprint density at radius 2 is 1.89 bits per heavy atom. The molecule has 0 saturated carbocycles. The lowest BCUT2D eigenvalue weighted by atomic mass is 10.1. The average Bonchev–Trinajstić information content (AvgIpc) is 2.38. The van der Waals surface area contributed by atoms with Crippen molar-refractivity contribution in [3.63, 3.8) is 0 Å². The van der Waals surface area contributed by atoms with Gasteiger partial charge in [-0.2, -0.15) is 0 Å². The Labute approximate surface area is 113 Å². The Kier molecular flexibility index (Phi) is 4.17. The molecule has 3 heteroatoms. The van der Waals surface area contributed by atoms with Gasteiger partial charge in [0.1, 0.15) is 5.82 Å². The second-order valence-corrected chi connectivity index (χ2v) is 4.71. The highest BCUT2D eigenvalue weighted by atomic mass is 19.1. The number of halogens is 1. The minimum atomic E-state index is -0.227. The molecule has 2 aromatic carbocycles. The molecule has 0 fully saturated rings. The maximum absolute atomic E-state index is 13.3. The first-order valence-electron chi connectivity index (χ1n) is 6.43. The normalized spacial score (nSPS) is 10.5. The van der Waals surface area contributed by atoms with Gasteiger partial charge in [-0.3, -0.25) is 0 Å². The number of hydrogen-bond acceptors (Lipinski definition) is 2. The van der Waals surface area contributed by atoms with E-state index >= 15 is 0 Å². The third-order valence-electron chi connectivity index (χ3n) is 3.35. The summed E-state index contributed by atoms with van der Waals surface area (Å²) in [4.78, 5) is 0. The van der Waals surface area contributed by atoms with Crippen molar-refractivity contribution < 1.29 is 4.39 Å². The fraction of sp³-hybridized carbons (Fsp3) is 0.250. The summed E-state index contributed by atoms with van der Waals surface area (Å²) in [6.07, 6.45) is 0.658. The van der Waals surface area contributed by atoms with Crippen molar-refractivity contribution in [1.82, 2.24) is 0 Å². The standard InChI is InChI=1S/C16H19FN2/c1-11-4-3-5-15(12(11)2)19-16-7-6-14(17)10-13(16)8-9-18/h3-7,10,19H,8-9,18H2,1-2H3. The first-order valence-corrected chi connectivity index (χ1v) is 6.43. The van der Waals surface area contributed by atoms with Crippen LogP contribution in [0.2, 0.25) is 0 Å². The van der Waals surface area contributed by atoms with Crippen LogP contribution in [0.25, 0.3) is 0 Å². The quantitative estimate of drug-likeness (QED) is 0.877. The van der Waals surface area contributed by atoms with Crippen LogP contribution in [-0.2, 0) is 6.42 Å². The number of nitrogens with two attached hydrogens (primary N) is 1. The van der Waals surface area contributed by atoms with Gasteiger partial charge in [-0.15, -0.1) is 0 Å². The van der Waals surface area contributed by atoms with Crippen LogP contribution >= 0.6 is 0 Å². The minimum absolute atomic E-state index is 0.227. The number of nitrogens with one attached hydrogen (secondary N) is 1. The summed E-state index contributed by atoms with van der Waals surface area (Å²) < 4.78 is 13.3. The minimum Gasteiger partial charge on any atom is -0.355 e. The van der Waals surface area contributed by atoms with Gasteiger partial charge in [-0.05, 0) is 67.8 Å². The molecular weight excluding hydrogens is 239 g/mol. The van der Waals surface area contributed by atoms with E-state index in [9.17, 15) is 4.39 Å². The molecule has 100 valence electrons. The number of hydrogen-bond donors (Lipinski definition) is 2. The highest BCUT2D eigenvalue weighted by Crippen LogP contribution is 2.26. The van der Waals surface area contributed by atoms with E-state index in [1.807, 2.05) is 12.1 Å². The molecule has 0 saturated heterocycles. The van der Waals surface area contributed by atoms with Crippen molar-refractivity contribution in [2.75, 3.05) is 11.9 Å². The van der Waals surface area contributed by atoms with Gasteiger partial charge < -0.3 is 11.1 Å². The maximum atomic E-state index is 13.3. The molecule has 0 aliphatic carbocycles. The summed E-state index contributed by atoms with van der Waals surface area (Å²) in [5.41, 5.74) is 10.9. The predicted molar refractivity (Wildman–Crippen MR) is 78.4 cm³/mol. The summed E-state index contributed by atoms with van der Waals surface area (Å²) >= 11 is 0. The number of aryl methyl sites for hydroxylation is 1. The number of benzene rings is 2. The number of rotatable bonds is 4. The van der Waals surface area contributed by atoms with Gasteiger partial charge in [-0.1, -0.05) is 12.1 Å². The van der Waals surface area contributed by atoms with Gasteiger partial charge in [0.25, 0.3) is 0 Å². The van der Waals surface area contributed by atoms with E-state index in [2.05, 4.69) is 25.2 Å². The molecule has 0 radical (unpaired) electrons. The Morgan fingerprint density at radius 1 is 1.11 bits per heavy atom.